The second kappa shape index (κ2) is 7.39. The summed E-state index contributed by atoms with van der Waals surface area (Å²) >= 11 is 6.27. The molecular formula is C15H18ClN5O3. The Morgan fingerprint density at radius 2 is 2.08 bits per heavy atom. The van der Waals surface area contributed by atoms with Gasteiger partial charge in [0.25, 0.3) is 5.69 Å². The number of anilines is 1. The van der Waals surface area contributed by atoms with Crippen LogP contribution in [0.4, 0.5) is 11.5 Å². The van der Waals surface area contributed by atoms with E-state index in [4.69, 9.17) is 16.3 Å². The molecule has 0 radical (unpaired) electrons. The molecule has 0 aliphatic rings. The first kappa shape index (κ1) is 17.9. The third kappa shape index (κ3) is 4.51. The summed E-state index contributed by atoms with van der Waals surface area (Å²) in [4.78, 5) is 22.3. The van der Waals surface area contributed by atoms with E-state index in [-0.39, 0.29) is 12.3 Å². The number of nitrogens with one attached hydrogen (secondary N) is 1. The SMILES string of the molecule is CCc1ncnc(NC(C)(C)COc2ccc([N+](=O)[O-])cn2)c1Cl. The Bertz CT molecular complexity index is 722. The second-order valence-electron chi connectivity index (χ2n) is 5.75. The smallest absolute Gasteiger partial charge is 0.287 e. The van der Waals surface area contributed by atoms with Crippen molar-refractivity contribution >= 4 is 23.1 Å². The molecule has 1 N–H and O–H groups in total. The van der Waals surface area contributed by atoms with Crippen LogP contribution >= 0.6 is 11.6 Å². The van der Waals surface area contributed by atoms with Crippen LogP contribution in [0.1, 0.15) is 26.5 Å². The van der Waals surface area contributed by atoms with Crippen molar-refractivity contribution < 1.29 is 9.66 Å². The van der Waals surface area contributed by atoms with E-state index in [2.05, 4.69) is 20.3 Å². The minimum absolute atomic E-state index is 0.0837. The first-order valence-electron chi connectivity index (χ1n) is 7.33. The van der Waals surface area contributed by atoms with Crippen LogP contribution in [0.15, 0.2) is 24.7 Å². The van der Waals surface area contributed by atoms with E-state index in [1.165, 1.54) is 18.5 Å². The molecule has 0 amide bonds. The molecule has 0 aliphatic carbocycles. The maximum Gasteiger partial charge on any atom is 0.287 e. The summed E-state index contributed by atoms with van der Waals surface area (Å²) in [5.74, 6) is 0.840. The van der Waals surface area contributed by atoms with Crippen LogP contribution in [0, 0.1) is 10.1 Å². The summed E-state index contributed by atoms with van der Waals surface area (Å²) < 4.78 is 5.59. The molecule has 2 aromatic heterocycles. The summed E-state index contributed by atoms with van der Waals surface area (Å²) in [7, 11) is 0. The van der Waals surface area contributed by atoms with Crippen LogP contribution in [0.3, 0.4) is 0 Å². The Morgan fingerprint density at radius 3 is 2.67 bits per heavy atom. The third-order valence-corrected chi connectivity index (χ3v) is 3.56. The van der Waals surface area contributed by atoms with E-state index in [1.54, 1.807) is 0 Å². The average molecular weight is 352 g/mol. The third-order valence-electron chi connectivity index (χ3n) is 3.17. The number of pyridine rings is 1. The largest absolute Gasteiger partial charge is 0.475 e. The lowest BCUT2D eigenvalue weighted by Crippen LogP contribution is -2.38. The Kier molecular flexibility index (Phi) is 5.50. The number of halogens is 1. The molecule has 2 heterocycles. The summed E-state index contributed by atoms with van der Waals surface area (Å²) in [5.41, 5.74) is 0.189. The molecule has 0 spiro atoms. The van der Waals surface area contributed by atoms with Crippen LogP contribution in [0.25, 0.3) is 0 Å². The molecule has 128 valence electrons. The van der Waals surface area contributed by atoms with Crippen molar-refractivity contribution in [2.24, 2.45) is 0 Å². The van der Waals surface area contributed by atoms with Crippen molar-refractivity contribution in [2.45, 2.75) is 32.7 Å². The van der Waals surface area contributed by atoms with Gasteiger partial charge < -0.3 is 10.1 Å². The number of hydrogen-bond acceptors (Lipinski definition) is 7. The molecule has 0 saturated heterocycles. The van der Waals surface area contributed by atoms with Crippen LogP contribution in [-0.2, 0) is 6.42 Å². The fourth-order valence-electron chi connectivity index (χ4n) is 1.92. The van der Waals surface area contributed by atoms with Gasteiger partial charge in [0.1, 0.15) is 30.0 Å². The molecule has 9 heteroatoms. The highest BCUT2D eigenvalue weighted by Gasteiger charge is 2.22. The minimum atomic E-state index is -0.509. The summed E-state index contributed by atoms with van der Waals surface area (Å²) in [5, 5.41) is 14.3. The number of aromatic nitrogens is 3. The lowest BCUT2D eigenvalue weighted by Gasteiger charge is -2.27. The van der Waals surface area contributed by atoms with Gasteiger partial charge in [-0.25, -0.2) is 15.0 Å². The lowest BCUT2D eigenvalue weighted by atomic mass is 10.1. The second-order valence-corrected chi connectivity index (χ2v) is 6.12. The molecule has 0 bridgehead atoms. The number of aryl methyl sites for hydroxylation is 1. The van der Waals surface area contributed by atoms with Crippen LogP contribution < -0.4 is 10.1 Å². The molecule has 24 heavy (non-hydrogen) atoms. The number of ether oxygens (including phenoxy) is 1. The van der Waals surface area contributed by atoms with Gasteiger partial charge in [0, 0.05) is 12.1 Å². The highest BCUT2D eigenvalue weighted by Crippen LogP contribution is 2.25. The molecule has 0 aliphatic heterocycles. The Balaban J connectivity index is 2.02. The Hall–Kier alpha value is -2.48. The molecule has 0 fully saturated rings. The quantitative estimate of drug-likeness (QED) is 0.603. The lowest BCUT2D eigenvalue weighted by molar-refractivity contribution is -0.385. The molecular weight excluding hydrogens is 334 g/mol. The summed E-state index contributed by atoms with van der Waals surface area (Å²) in [6.07, 6.45) is 3.33. The van der Waals surface area contributed by atoms with Gasteiger partial charge >= 0.3 is 0 Å². The zero-order chi connectivity index (χ0) is 17.7. The zero-order valence-electron chi connectivity index (χ0n) is 13.6. The number of hydrogen-bond donors (Lipinski definition) is 1. The van der Waals surface area contributed by atoms with Gasteiger partial charge in [-0.15, -0.1) is 0 Å². The van der Waals surface area contributed by atoms with Gasteiger partial charge in [0.15, 0.2) is 0 Å². The number of nitro groups is 1. The van der Waals surface area contributed by atoms with Crippen molar-refractivity contribution in [1.29, 1.82) is 0 Å². The highest BCUT2D eigenvalue weighted by molar-refractivity contribution is 6.33. The van der Waals surface area contributed by atoms with E-state index < -0.39 is 10.5 Å². The average Bonchev–Trinajstić information content (AvgIpc) is 2.55. The normalized spacial score (nSPS) is 11.2. The Morgan fingerprint density at radius 1 is 1.33 bits per heavy atom. The molecule has 0 unspecified atom stereocenters. The molecule has 2 rings (SSSR count). The standard InChI is InChI=1S/C15H18ClN5O3/c1-4-11-13(16)14(19-9-18-11)20-15(2,3)8-24-12-6-5-10(7-17-12)21(22)23/h5-7,9H,4,8H2,1-3H3,(H,18,19,20). The van der Waals surface area contributed by atoms with E-state index in [0.717, 1.165) is 11.9 Å². The van der Waals surface area contributed by atoms with E-state index >= 15 is 0 Å². The van der Waals surface area contributed by atoms with E-state index in [1.807, 2.05) is 20.8 Å². The van der Waals surface area contributed by atoms with Crippen molar-refractivity contribution in [3.8, 4) is 5.88 Å². The first-order valence-corrected chi connectivity index (χ1v) is 7.71. The maximum absolute atomic E-state index is 10.6. The predicted octanol–water partition coefficient (Wildman–Crippen LogP) is 3.27. The van der Waals surface area contributed by atoms with E-state index in [0.29, 0.717) is 23.1 Å². The minimum Gasteiger partial charge on any atom is -0.475 e. The first-order chi connectivity index (χ1) is 11.3. The molecule has 2 aromatic rings. The Labute approximate surface area is 144 Å². The van der Waals surface area contributed by atoms with Crippen molar-refractivity contribution in [1.82, 2.24) is 15.0 Å². The fourth-order valence-corrected chi connectivity index (χ4v) is 2.20. The topological polar surface area (TPSA) is 103 Å². The van der Waals surface area contributed by atoms with E-state index in [9.17, 15) is 10.1 Å². The van der Waals surface area contributed by atoms with Crippen molar-refractivity contribution in [2.75, 3.05) is 11.9 Å². The van der Waals surface area contributed by atoms with Gasteiger partial charge in [0.05, 0.1) is 16.2 Å². The number of rotatable bonds is 7. The summed E-state index contributed by atoms with van der Waals surface area (Å²) in [6.45, 7) is 6.07. The van der Waals surface area contributed by atoms with Crippen molar-refractivity contribution in [3.63, 3.8) is 0 Å². The van der Waals surface area contributed by atoms with Gasteiger partial charge in [0.2, 0.25) is 5.88 Å². The fraction of sp³-hybridized carbons (Fsp3) is 0.400. The maximum atomic E-state index is 10.6. The van der Waals surface area contributed by atoms with Gasteiger partial charge in [-0.3, -0.25) is 10.1 Å². The molecule has 0 aromatic carbocycles. The van der Waals surface area contributed by atoms with Gasteiger partial charge in [-0.2, -0.15) is 0 Å². The summed E-state index contributed by atoms with van der Waals surface area (Å²) in [6, 6.07) is 2.80. The van der Waals surface area contributed by atoms with Crippen LogP contribution in [-0.4, -0.2) is 32.0 Å². The van der Waals surface area contributed by atoms with Crippen molar-refractivity contribution in [3.05, 3.63) is 45.5 Å². The van der Waals surface area contributed by atoms with Crippen LogP contribution in [0.2, 0.25) is 5.02 Å². The monoisotopic (exact) mass is 351 g/mol. The molecule has 0 atom stereocenters. The van der Waals surface area contributed by atoms with Gasteiger partial charge in [-0.1, -0.05) is 18.5 Å². The number of nitrogens with zero attached hydrogens (tertiary/aromatic N) is 4. The van der Waals surface area contributed by atoms with Crippen LogP contribution in [0.5, 0.6) is 5.88 Å². The zero-order valence-corrected chi connectivity index (χ0v) is 14.4. The molecule has 8 nitrogen and oxygen atoms in total. The molecule has 0 saturated carbocycles. The highest BCUT2D eigenvalue weighted by atomic mass is 35.5. The predicted molar refractivity (Wildman–Crippen MR) is 90.5 cm³/mol. The van der Waals surface area contributed by atoms with Gasteiger partial charge in [-0.05, 0) is 20.3 Å².